The van der Waals surface area contributed by atoms with E-state index in [2.05, 4.69) is 9.97 Å². The number of hydrogen-bond donors (Lipinski definition) is 1. The molecular weight excluding hydrogens is 220 g/mol. The van der Waals surface area contributed by atoms with Crippen LogP contribution in [0.5, 0.6) is 0 Å². The summed E-state index contributed by atoms with van der Waals surface area (Å²) >= 11 is 0. The zero-order valence-electron chi connectivity index (χ0n) is 8.21. The van der Waals surface area contributed by atoms with Gasteiger partial charge in [0, 0.05) is 26.2 Å². The van der Waals surface area contributed by atoms with Crippen molar-refractivity contribution in [1.29, 1.82) is 0 Å². The molecule has 1 heterocycles. The van der Waals surface area contributed by atoms with E-state index in [0.717, 1.165) is 11.2 Å². The van der Waals surface area contributed by atoms with Crippen LogP contribution in [0.25, 0.3) is 0 Å². The second kappa shape index (κ2) is 4.22. The Labute approximate surface area is 87.3 Å². The molecule has 0 aliphatic rings. The topological polar surface area (TPSA) is 92.3 Å². The highest BCUT2D eigenvalue weighted by Gasteiger charge is 2.19. The lowest BCUT2D eigenvalue weighted by molar-refractivity contribution is -0.117. The van der Waals surface area contributed by atoms with Crippen molar-refractivity contribution in [2.24, 2.45) is 0 Å². The minimum Gasteiger partial charge on any atom is -0.274 e. The van der Waals surface area contributed by atoms with Crippen molar-refractivity contribution in [2.45, 2.75) is 6.92 Å². The fraction of sp³-hybridized carbons (Fsp3) is 0.286. The number of anilines is 1. The molecule has 0 bridgehead atoms. The second-order valence-corrected chi connectivity index (χ2v) is 4.40. The number of nitrogens with zero attached hydrogens (tertiary/aromatic N) is 3. The minimum atomic E-state index is -3.87. The summed E-state index contributed by atoms with van der Waals surface area (Å²) in [6.45, 7) is 1.12. The van der Waals surface area contributed by atoms with Crippen LogP contribution in [-0.4, -0.2) is 31.3 Å². The van der Waals surface area contributed by atoms with Crippen molar-refractivity contribution < 1.29 is 13.2 Å². The maximum Gasteiger partial charge on any atom is 0.327 e. The summed E-state index contributed by atoms with van der Waals surface area (Å²) in [6.07, 6.45) is 2.62. The van der Waals surface area contributed by atoms with E-state index in [9.17, 15) is 13.2 Å². The molecule has 0 saturated heterocycles. The number of carbonyl (C=O) groups is 1. The third kappa shape index (κ3) is 2.88. The van der Waals surface area contributed by atoms with Gasteiger partial charge in [-0.2, -0.15) is 8.42 Å². The Balaban J connectivity index is 2.95. The molecule has 1 N–H and O–H groups in total. The van der Waals surface area contributed by atoms with Crippen molar-refractivity contribution in [3.8, 4) is 0 Å². The number of aromatic nitrogens is 2. The van der Waals surface area contributed by atoms with Crippen molar-refractivity contribution in [1.82, 2.24) is 14.7 Å². The van der Waals surface area contributed by atoms with E-state index < -0.39 is 16.1 Å². The first-order chi connectivity index (χ1) is 6.93. The molecule has 0 saturated carbocycles. The Bertz CT molecular complexity index is 445. The second-order valence-electron chi connectivity index (χ2n) is 2.70. The Morgan fingerprint density at radius 2 is 2.20 bits per heavy atom. The highest BCUT2D eigenvalue weighted by Crippen LogP contribution is 2.08. The Kier molecular flexibility index (Phi) is 3.20. The fourth-order valence-electron chi connectivity index (χ4n) is 0.843. The molecule has 0 fully saturated rings. The molecular formula is C7H10N4O3S. The molecule has 0 atom stereocenters. The summed E-state index contributed by atoms with van der Waals surface area (Å²) in [7, 11) is -2.58. The third-order valence-electron chi connectivity index (χ3n) is 1.52. The summed E-state index contributed by atoms with van der Waals surface area (Å²) in [5.41, 5.74) is 0. The van der Waals surface area contributed by atoms with Crippen molar-refractivity contribution in [3.05, 3.63) is 18.6 Å². The van der Waals surface area contributed by atoms with Crippen LogP contribution in [-0.2, 0) is 15.0 Å². The Morgan fingerprint density at radius 3 is 2.67 bits per heavy atom. The number of carbonyl (C=O) groups excluding carboxylic acids is 1. The van der Waals surface area contributed by atoms with Crippen molar-refractivity contribution in [3.63, 3.8) is 0 Å². The quantitative estimate of drug-likeness (QED) is 0.740. The molecule has 0 spiro atoms. The minimum absolute atomic E-state index is 0.179. The van der Waals surface area contributed by atoms with Crippen LogP contribution in [0, 0.1) is 0 Å². The average molecular weight is 230 g/mol. The van der Waals surface area contributed by atoms with Gasteiger partial charge in [-0.25, -0.2) is 19.0 Å². The number of amides is 1. The molecule has 15 heavy (non-hydrogen) atoms. The molecule has 1 amide bonds. The molecule has 0 radical (unpaired) electrons. The molecule has 0 unspecified atom stereocenters. The predicted octanol–water partition coefficient (Wildman–Crippen LogP) is -0.706. The van der Waals surface area contributed by atoms with Crippen molar-refractivity contribution in [2.75, 3.05) is 11.4 Å². The zero-order valence-corrected chi connectivity index (χ0v) is 9.02. The largest absolute Gasteiger partial charge is 0.327 e. The standard InChI is InChI=1S/C7H10N4O3S/c1-6(12)10-15(13,14)11(2)7-3-4-8-5-9-7/h3-5H,1-2H3,(H,10,12). The van der Waals surface area contributed by atoms with Crippen molar-refractivity contribution >= 4 is 21.9 Å². The highest BCUT2D eigenvalue weighted by molar-refractivity contribution is 7.91. The van der Waals surface area contributed by atoms with E-state index in [1.54, 1.807) is 0 Å². The number of rotatable bonds is 3. The summed E-state index contributed by atoms with van der Waals surface area (Å²) in [4.78, 5) is 18.0. The fourth-order valence-corrected chi connectivity index (χ4v) is 1.70. The van der Waals surface area contributed by atoms with Gasteiger partial charge in [0.1, 0.15) is 12.1 Å². The van der Waals surface area contributed by atoms with Crippen LogP contribution >= 0.6 is 0 Å². The first kappa shape index (κ1) is 11.4. The van der Waals surface area contributed by atoms with Gasteiger partial charge in [-0.15, -0.1) is 0 Å². The molecule has 1 rings (SSSR count). The van der Waals surface area contributed by atoms with Crippen LogP contribution in [0.4, 0.5) is 5.82 Å². The van der Waals surface area contributed by atoms with Crippen LogP contribution in [0.1, 0.15) is 6.92 Å². The molecule has 1 aromatic heterocycles. The summed E-state index contributed by atoms with van der Waals surface area (Å²) in [6, 6.07) is 1.42. The molecule has 0 aromatic carbocycles. The van der Waals surface area contributed by atoms with Gasteiger partial charge in [-0.3, -0.25) is 4.79 Å². The van der Waals surface area contributed by atoms with E-state index in [0.29, 0.717) is 0 Å². The Hall–Kier alpha value is -1.70. The lowest BCUT2D eigenvalue weighted by Gasteiger charge is -2.17. The van der Waals surface area contributed by atoms with E-state index in [4.69, 9.17) is 0 Å². The first-order valence-corrected chi connectivity index (χ1v) is 5.41. The first-order valence-electron chi connectivity index (χ1n) is 3.97. The van der Waals surface area contributed by atoms with Gasteiger partial charge in [0.05, 0.1) is 0 Å². The van der Waals surface area contributed by atoms with Crippen LogP contribution in [0.3, 0.4) is 0 Å². The molecule has 8 heteroatoms. The maximum atomic E-state index is 11.5. The van der Waals surface area contributed by atoms with E-state index in [1.807, 2.05) is 4.72 Å². The zero-order chi connectivity index (χ0) is 11.5. The van der Waals surface area contributed by atoms with Gasteiger partial charge in [-0.05, 0) is 0 Å². The summed E-state index contributed by atoms with van der Waals surface area (Å²) in [5, 5.41) is 0. The maximum absolute atomic E-state index is 11.5. The normalized spacial score (nSPS) is 10.8. The van der Waals surface area contributed by atoms with Gasteiger partial charge in [-0.1, -0.05) is 0 Å². The van der Waals surface area contributed by atoms with Crippen LogP contribution in [0.15, 0.2) is 18.6 Å². The van der Waals surface area contributed by atoms with Crippen LogP contribution in [0.2, 0.25) is 0 Å². The average Bonchev–Trinajstić information content (AvgIpc) is 2.16. The highest BCUT2D eigenvalue weighted by atomic mass is 32.2. The predicted molar refractivity (Wildman–Crippen MR) is 53.2 cm³/mol. The smallest absolute Gasteiger partial charge is 0.274 e. The Morgan fingerprint density at radius 1 is 1.53 bits per heavy atom. The third-order valence-corrected chi connectivity index (χ3v) is 2.98. The van der Waals surface area contributed by atoms with Gasteiger partial charge < -0.3 is 0 Å². The lowest BCUT2D eigenvalue weighted by atomic mass is 10.6. The van der Waals surface area contributed by atoms with Gasteiger partial charge in [0.2, 0.25) is 5.91 Å². The molecule has 0 aliphatic heterocycles. The van der Waals surface area contributed by atoms with Gasteiger partial charge in [0.25, 0.3) is 0 Å². The molecule has 0 aliphatic carbocycles. The molecule has 82 valence electrons. The summed E-state index contributed by atoms with van der Waals surface area (Å²) < 4.78 is 25.6. The lowest BCUT2D eigenvalue weighted by Crippen LogP contribution is -2.40. The molecule has 7 nitrogen and oxygen atoms in total. The number of hydrogen-bond acceptors (Lipinski definition) is 5. The van der Waals surface area contributed by atoms with Gasteiger partial charge in [0.15, 0.2) is 0 Å². The van der Waals surface area contributed by atoms with E-state index in [-0.39, 0.29) is 5.82 Å². The SMILES string of the molecule is CC(=O)NS(=O)(=O)N(C)c1ccncn1. The van der Waals surface area contributed by atoms with Crippen LogP contribution < -0.4 is 9.03 Å². The van der Waals surface area contributed by atoms with E-state index >= 15 is 0 Å². The summed E-state index contributed by atoms with van der Waals surface area (Å²) in [5.74, 6) is -0.477. The molecule has 1 aromatic rings. The monoisotopic (exact) mass is 230 g/mol. The number of nitrogens with one attached hydrogen (secondary N) is 1. The van der Waals surface area contributed by atoms with E-state index in [1.165, 1.54) is 25.6 Å². The van der Waals surface area contributed by atoms with Gasteiger partial charge >= 0.3 is 10.2 Å².